The van der Waals surface area contributed by atoms with Gasteiger partial charge >= 0.3 is 5.97 Å². The molecular formula is C14H10ClN3O3. The van der Waals surface area contributed by atoms with Crippen LogP contribution in [-0.2, 0) is 6.42 Å². The van der Waals surface area contributed by atoms with Gasteiger partial charge in [0.2, 0.25) is 0 Å². The minimum Gasteiger partial charge on any atom is -0.478 e. The maximum absolute atomic E-state index is 12.4. The van der Waals surface area contributed by atoms with Gasteiger partial charge < -0.3 is 10.0 Å². The number of hydrogen-bond donors (Lipinski definition) is 1. The molecular weight excluding hydrogens is 294 g/mol. The average Bonchev–Trinajstić information content (AvgIpc) is 2.90. The third-order valence-corrected chi connectivity index (χ3v) is 3.53. The second-order valence-corrected chi connectivity index (χ2v) is 4.98. The van der Waals surface area contributed by atoms with Crippen molar-refractivity contribution < 1.29 is 14.7 Å². The minimum atomic E-state index is -1.02. The van der Waals surface area contributed by atoms with E-state index in [2.05, 4.69) is 10.2 Å². The first-order chi connectivity index (χ1) is 10.1. The number of amides is 1. The Bertz CT molecular complexity index is 731. The lowest BCUT2D eigenvalue weighted by Crippen LogP contribution is -2.30. The van der Waals surface area contributed by atoms with Gasteiger partial charge in [0.25, 0.3) is 5.91 Å². The SMILES string of the molecule is O=C(O)c1ccc2c(c1)N(C(=O)c1ccc(Cl)nn1)CC2. The summed E-state index contributed by atoms with van der Waals surface area (Å²) in [6.45, 7) is 0.488. The molecule has 0 bridgehead atoms. The number of hydrogen-bond acceptors (Lipinski definition) is 4. The highest BCUT2D eigenvalue weighted by molar-refractivity contribution is 6.29. The number of carbonyl (C=O) groups excluding carboxylic acids is 1. The summed E-state index contributed by atoms with van der Waals surface area (Å²) in [5, 5.41) is 16.7. The third kappa shape index (κ3) is 2.45. The minimum absolute atomic E-state index is 0.149. The number of fused-ring (bicyclic) bond motifs is 1. The molecule has 0 saturated heterocycles. The molecule has 7 heteroatoms. The zero-order chi connectivity index (χ0) is 15.0. The van der Waals surface area contributed by atoms with Gasteiger partial charge in [0, 0.05) is 12.2 Å². The fourth-order valence-corrected chi connectivity index (χ4v) is 2.39. The summed E-state index contributed by atoms with van der Waals surface area (Å²) in [7, 11) is 0. The topological polar surface area (TPSA) is 83.4 Å². The highest BCUT2D eigenvalue weighted by Gasteiger charge is 2.27. The van der Waals surface area contributed by atoms with Crippen LogP contribution in [0.2, 0.25) is 5.15 Å². The normalized spacial score (nSPS) is 13.1. The number of rotatable bonds is 2. The van der Waals surface area contributed by atoms with Gasteiger partial charge in [-0.25, -0.2) is 4.79 Å². The second kappa shape index (κ2) is 5.14. The van der Waals surface area contributed by atoms with Crippen LogP contribution in [0.25, 0.3) is 0 Å². The van der Waals surface area contributed by atoms with Crippen LogP contribution in [0.3, 0.4) is 0 Å². The van der Waals surface area contributed by atoms with Crippen molar-refractivity contribution in [3.05, 3.63) is 52.3 Å². The summed E-state index contributed by atoms with van der Waals surface area (Å²) < 4.78 is 0. The van der Waals surface area contributed by atoms with Crippen molar-refractivity contribution in [2.24, 2.45) is 0 Å². The number of aromatic nitrogens is 2. The van der Waals surface area contributed by atoms with Crippen molar-refractivity contribution in [1.29, 1.82) is 0 Å². The number of aromatic carboxylic acids is 1. The highest BCUT2D eigenvalue weighted by atomic mass is 35.5. The van der Waals surface area contributed by atoms with Crippen LogP contribution in [0.1, 0.15) is 26.4 Å². The Labute approximate surface area is 125 Å². The molecule has 1 aromatic carbocycles. The van der Waals surface area contributed by atoms with Crippen LogP contribution in [0, 0.1) is 0 Å². The van der Waals surface area contributed by atoms with Crippen molar-refractivity contribution in [3.63, 3.8) is 0 Å². The van der Waals surface area contributed by atoms with Crippen molar-refractivity contribution in [1.82, 2.24) is 10.2 Å². The van der Waals surface area contributed by atoms with Crippen molar-refractivity contribution >= 4 is 29.2 Å². The first-order valence-corrected chi connectivity index (χ1v) is 6.61. The number of carboxylic acid groups (broad SMARTS) is 1. The predicted octanol–water partition coefficient (Wildman–Crippen LogP) is 2.03. The molecule has 1 amide bonds. The molecule has 106 valence electrons. The van der Waals surface area contributed by atoms with E-state index in [0.717, 1.165) is 5.56 Å². The van der Waals surface area contributed by atoms with E-state index < -0.39 is 5.97 Å². The van der Waals surface area contributed by atoms with Crippen molar-refractivity contribution in [2.75, 3.05) is 11.4 Å². The summed E-state index contributed by atoms with van der Waals surface area (Å²) in [5.74, 6) is -1.34. The second-order valence-electron chi connectivity index (χ2n) is 4.60. The Morgan fingerprint density at radius 3 is 2.67 bits per heavy atom. The first kappa shape index (κ1) is 13.5. The molecule has 6 nitrogen and oxygen atoms in total. The molecule has 2 heterocycles. The molecule has 2 aromatic rings. The molecule has 0 saturated carbocycles. The Morgan fingerprint density at radius 1 is 1.19 bits per heavy atom. The lowest BCUT2D eigenvalue weighted by molar-refractivity contribution is 0.0696. The number of carboxylic acids is 1. The van der Waals surface area contributed by atoms with Gasteiger partial charge in [-0.1, -0.05) is 17.7 Å². The smallest absolute Gasteiger partial charge is 0.335 e. The predicted molar refractivity (Wildman–Crippen MR) is 75.8 cm³/mol. The Kier molecular flexibility index (Phi) is 3.31. The molecule has 1 aliphatic rings. The Hall–Kier alpha value is -2.47. The largest absolute Gasteiger partial charge is 0.478 e. The summed E-state index contributed by atoms with van der Waals surface area (Å²) in [6, 6.07) is 7.77. The molecule has 0 spiro atoms. The summed E-state index contributed by atoms with van der Waals surface area (Å²) in [6.07, 6.45) is 0.683. The van der Waals surface area contributed by atoms with E-state index in [1.807, 2.05) is 0 Å². The van der Waals surface area contributed by atoms with Gasteiger partial charge in [0.15, 0.2) is 10.8 Å². The van der Waals surface area contributed by atoms with Crippen molar-refractivity contribution in [3.8, 4) is 0 Å². The molecule has 0 radical (unpaired) electrons. The summed E-state index contributed by atoms with van der Waals surface area (Å²) in [5.41, 5.74) is 1.87. The molecule has 1 aliphatic heterocycles. The van der Waals surface area contributed by atoms with Crippen LogP contribution >= 0.6 is 11.6 Å². The number of carbonyl (C=O) groups is 2. The first-order valence-electron chi connectivity index (χ1n) is 6.23. The number of halogens is 1. The Morgan fingerprint density at radius 2 is 2.00 bits per heavy atom. The van der Waals surface area contributed by atoms with Crippen molar-refractivity contribution in [2.45, 2.75) is 6.42 Å². The van der Waals surface area contributed by atoms with Gasteiger partial charge in [-0.2, -0.15) is 0 Å². The Balaban J connectivity index is 1.96. The standard InChI is InChI=1S/C14H10ClN3O3/c15-12-4-3-10(16-17-12)13(19)18-6-5-8-1-2-9(14(20)21)7-11(8)18/h1-4,7H,5-6H2,(H,20,21). The fraction of sp³-hybridized carbons (Fsp3) is 0.143. The van der Waals surface area contributed by atoms with Gasteiger partial charge in [-0.15, -0.1) is 10.2 Å². The average molecular weight is 304 g/mol. The zero-order valence-corrected chi connectivity index (χ0v) is 11.5. The molecule has 1 aromatic heterocycles. The van der Waals surface area contributed by atoms with E-state index in [1.165, 1.54) is 29.2 Å². The van der Waals surface area contributed by atoms with E-state index in [0.29, 0.717) is 18.7 Å². The molecule has 0 atom stereocenters. The van der Waals surface area contributed by atoms with E-state index in [4.69, 9.17) is 16.7 Å². The van der Waals surface area contributed by atoms with Crippen LogP contribution < -0.4 is 4.90 Å². The number of anilines is 1. The lowest BCUT2D eigenvalue weighted by Gasteiger charge is -2.16. The summed E-state index contributed by atoms with van der Waals surface area (Å²) in [4.78, 5) is 25.0. The maximum Gasteiger partial charge on any atom is 0.335 e. The third-order valence-electron chi connectivity index (χ3n) is 3.32. The molecule has 1 N–H and O–H groups in total. The number of nitrogens with zero attached hydrogens (tertiary/aromatic N) is 3. The zero-order valence-electron chi connectivity index (χ0n) is 10.8. The van der Waals surface area contributed by atoms with Gasteiger partial charge in [-0.3, -0.25) is 4.79 Å². The van der Waals surface area contributed by atoms with Crippen LogP contribution in [0.5, 0.6) is 0 Å². The lowest BCUT2D eigenvalue weighted by atomic mass is 10.1. The van der Waals surface area contributed by atoms with Gasteiger partial charge in [0.1, 0.15) is 0 Å². The number of benzene rings is 1. The molecule has 0 aliphatic carbocycles. The van der Waals surface area contributed by atoms with Gasteiger partial charge in [-0.05, 0) is 36.2 Å². The summed E-state index contributed by atoms with van der Waals surface area (Å²) >= 11 is 5.65. The monoisotopic (exact) mass is 303 g/mol. The van der Waals surface area contributed by atoms with Crippen LogP contribution in [0.4, 0.5) is 5.69 Å². The quantitative estimate of drug-likeness (QED) is 0.917. The van der Waals surface area contributed by atoms with E-state index in [9.17, 15) is 9.59 Å². The highest BCUT2D eigenvalue weighted by Crippen LogP contribution is 2.30. The maximum atomic E-state index is 12.4. The van der Waals surface area contributed by atoms with Gasteiger partial charge in [0.05, 0.1) is 5.56 Å². The van der Waals surface area contributed by atoms with Crippen LogP contribution in [-0.4, -0.2) is 33.7 Å². The molecule has 21 heavy (non-hydrogen) atoms. The van der Waals surface area contributed by atoms with E-state index in [1.54, 1.807) is 6.07 Å². The molecule has 0 fully saturated rings. The molecule has 3 rings (SSSR count). The van der Waals surface area contributed by atoms with E-state index >= 15 is 0 Å². The van der Waals surface area contributed by atoms with E-state index in [-0.39, 0.29) is 22.3 Å². The fourth-order valence-electron chi connectivity index (χ4n) is 2.29. The van der Waals surface area contributed by atoms with Crippen LogP contribution in [0.15, 0.2) is 30.3 Å². The molecule has 0 unspecified atom stereocenters.